The zero-order valence-corrected chi connectivity index (χ0v) is 13.5. The Morgan fingerprint density at radius 1 is 1.10 bits per heavy atom. The molecule has 2 bridgehead atoms. The quantitative estimate of drug-likeness (QED) is 0.849. The largest absolute Gasteiger partial charge is 0.388 e. The van der Waals surface area contributed by atoms with Crippen LogP contribution in [0.1, 0.15) is 63.7 Å². The van der Waals surface area contributed by atoms with E-state index in [1.807, 2.05) is 0 Å². The fraction of sp³-hybridized carbons (Fsp3) is 0.700. The van der Waals surface area contributed by atoms with Crippen molar-refractivity contribution in [2.75, 3.05) is 0 Å². The van der Waals surface area contributed by atoms with Gasteiger partial charge in [0.25, 0.3) is 0 Å². The fourth-order valence-electron chi connectivity index (χ4n) is 5.37. The van der Waals surface area contributed by atoms with Crippen LogP contribution in [0.3, 0.4) is 0 Å². The van der Waals surface area contributed by atoms with Crippen molar-refractivity contribution in [3.63, 3.8) is 0 Å². The van der Waals surface area contributed by atoms with Crippen LogP contribution < -0.4 is 0 Å². The van der Waals surface area contributed by atoms with Crippen LogP contribution in [0.2, 0.25) is 0 Å². The molecule has 0 radical (unpaired) electrons. The molecule has 0 aromatic heterocycles. The molecule has 114 valence electrons. The highest BCUT2D eigenvalue weighted by atomic mass is 16.3. The molecule has 1 aromatic rings. The summed E-state index contributed by atoms with van der Waals surface area (Å²) >= 11 is 0. The van der Waals surface area contributed by atoms with E-state index in [1.165, 1.54) is 24.8 Å². The normalized spacial score (nSPS) is 38.4. The number of rotatable bonds is 4. The van der Waals surface area contributed by atoms with Crippen LogP contribution >= 0.6 is 0 Å². The van der Waals surface area contributed by atoms with Gasteiger partial charge in [-0.2, -0.15) is 0 Å². The molecule has 3 aliphatic rings. The Bertz CT molecular complexity index is 513. The third-order valence-corrected chi connectivity index (χ3v) is 7.08. The SMILES string of the molecule is CCC(C)(C)c1ccc(C(O)C2C3C4CCC(C4)C32)cc1. The minimum absolute atomic E-state index is 0.220. The van der Waals surface area contributed by atoms with Gasteiger partial charge in [-0.05, 0) is 71.8 Å². The zero-order valence-electron chi connectivity index (χ0n) is 13.5. The van der Waals surface area contributed by atoms with Crippen molar-refractivity contribution < 1.29 is 5.11 Å². The van der Waals surface area contributed by atoms with E-state index in [-0.39, 0.29) is 11.5 Å². The van der Waals surface area contributed by atoms with E-state index in [2.05, 4.69) is 45.0 Å². The Hall–Kier alpha value is -0.820. The van der Waals surface area contributed by atoms with Gasteiger partial charge in [-0.15, -0.1) is 0 Å². The maximum atomic E-state index is 10.8. The second-order valence-electron chi connectivity index (χ2n) is 8.37. The maximum Gasteiger partial charge on any atom is 0.0823 e. The summed E-state index contributed by atoms with van der Waals surface area (Å²) in [7, 11) is 0. The lowest BCUT2D eigenvalue weighted by Gasteiger charge is -2.24. The van der Waals surface area contributed by atoms with Crippen LogP contribution in [0.15, 0.2) is 24.3 Å². The molecule has 5 atom stereocenters. The van der Waals surface area contributed by atoms with E-state index in [4.69, 9.17) is 0 Å². The van der Waals surface area contributed by atoms with Crippen molar-refractivity contribution in [1.82, 2.24) is 0 Å². The number of hydrogen-bond donors (Lipinski definition) is 1. The molecule has 3 fully saturated rings. The maximum absolute atomic E-state index is 10.8. The first kappa shape index (κ1) is 13.8. The predicted octanol–water partition coefficient (Wildman–Crippen LogP) is 4.70. The molecule has 0 spiro atoms. The van der Waals surface area contributed by atoms with Gasteiger partial charge in [0.15, 0.2) is 0 Å². The molecule has 1 heteroatoms. The highest BCUT2D eigenvalue weighted by Crippen LogP contribution is 2.72. The van der Waals surface area contributed by atoms with Gasteiger partial charge in [-0.25, -0.2) is 0 Å². The number of benzene rings is 1. The van der Waals surface area contributed by atoms with Crippen LogP contribution in [-0.4, -0.2) is 5.11 Å². The molecule has 3 aliphatic carbocycles. The first-order valence-electron chi connectivity index (χ1n) is 8.81. The molecule has 4 rings (SSSR count). The first-order chi connectivity index (χ1) is 10.0. The summed E-state index contributed by atoms with van der Waals surface area (Å²) < 4.78 is 0. The number of fused-ring (bicyclic) bond motifs is 5. The summed E-state index contributed by atoms with van der Waals surface area (Å²) in [5, 5.41) is 10.8. The topological polar surface area (TPSA) is 20.2 Å². The number of hydrogen-bond acceptors (Lipinski definition) is 1. The Morgan fingerprint density at radius 3 is 2.19 bits per heavy atom. The van der Waals surface area contributed by atoms with Crippen molar-refractivity contribution >= 4 is 0 Å². The molecule has 0 aliphatic heterocycles. The molecule has 5 unspecified atom stereocenters. The number of aliphatic hydroxyl groups is 1. The monoisotopic (exact) mass is 284 g/mol. The highest BCUT2D eigenvalue weighted by molar-refractivity contribution is 5.31. The molecular weight excluding hydrogens is 256 g/mol. The van der Waals surface area contributed by atoms with Gasteiger partial charge >= 0.3 is 0 Å². The van der Waals surface area contributed by atoms with E-state index in [1.54, 1.807) is 0 Å². The van der Waals surface area contributed by atoms with E-state index in [0.717, 1.165) is 35.7 Å². The van der Waals surface area contributed by atoms with Crippen molar-refractivity contribution in [1.29, 1.82) is 0 Å². The molecule has 1 aromatic carbocycles. The van der Waals surface area contributed by atoms with Gasteiger partial charge in [0.2, 0.25) is 0 Å². The van der Waals surface area contributed by atoms with Gasteiger partial charge in [0.1, 0.15) is 0 Å². The smallest absolute Gasteiger partial charge is 0.0823 e. The van der Waals surface area contributed by atoms with Crippen LogP contribution in [-0.2, 0) is 5.41 Å². The summed E-state index contributed by atoms with van der Waals surface area (Å²) in [5.74, 6) is 4.16. The Labute approximate surface area is 128 Å². The van der Waals surface area contributed by atoms with Crippen LogP contribution in [0.25, 0.3) is 0 Å². The Morgan fingerprint density at radius 2 is 1.67 bits per heavy atom. The molecule has 0 saturated heterocycles. The summed E-state index contributed by atoms with van der Waals surface area (Å²) in [6.45, 7) is 6.83. The van der Waals surface area contributed by atoms with Gasteiger partial charge in [0, 0.05) is 0 Å². The van der Waals surface area contributed by atoms with Gasteiger partial charge < -0.3 is 5.11 Å². The van der Waals surface area contributed by atoms with Crippen LogP contribution in [0.4, 0.5) is 0 Å². The first-order valence-corrected chi connectivity index (χ1v) is 8.81. The van der Waals surface area contributed by atoms with E-state index < -0.39 is 0 Å². The van der Waals surface area contributed by atoms with E-state index in [9.17, 15) is 5.11 Å². The minimum atomic E-state index is -0.220. The predicted molar refractivity (Wildman–Crippen MR) is 86.0 cm³/mol. The second-order valence-corrected chi connectivity index (χ2v) is 8.37. The molecule has 1 nitrogen and oxygen atoms in total. The lowest BCUT2D eigenvalue weighted by Crippen LogP contribution is -2.15. The summed E-state index contributed by atoms with van der Waals surface area (Å²) in [6.07, 6.45) is 5.24. The second kappa shape index (κ2) is 4.59. The van der Waals surface area contributed by atoms with E-state index in [0.29, 0.717) is 5.92 Å². The average Bonchev–Trinajstić information content (AvgIpc) is 2.93. The number of aliphatic hydroxyl groups excluding tert-OH is 1. The third kappa shape index (κ3) is 2.00. The van der Waals surface area contributed by atoms with E-state index >= 15 is 0 Å². The average molecular weight is 284 g/mol. The summed E-state index contributed by atoms with van der Waals surface area (Å²) in [4.78, 5) is 0. The highest BCUT2D eigenvalue weighted by Gasteiger charge is 2.66. The van der Waals surface area contributed by atoms with Crippen molar-refractivity contribution in [3.8, 4) is 0 Å². The Kier molecular flexibility index (Phi) is 3.02. The zero-order chi connectivity index (χ0) is 14.8. The summed E-state index contributed by atoms with van der Waals surface area (Å²) in [6, 6.07) is 8.81. The standard InChI is InChI=1S/C20H28O/c1-4-20(2,3)15-9-7-12(8-10-15)19(21)18-16-13-5-6-14(11-13)17(16)18/h7-10,13-14,16-19,21H,4-6,11H2,1-3H3. The van der Waals surface area contributed by atoms with Crippen LogP contribution in [0.5, 0.6) is 0 Å². The molecule has 0 heterocycles. The minimum Gasteiger partial charge on any atom is -0.388 e. The van der Waals surface area contributed by atoms with Crippen molar-refractivity contribution in [2.24, 2.45) is 29.6 Å². The molecule has 0 amide bonds. The lowest BCUT2D eigenvalue weighted by atomic mass is 9.81. The molecule has 1 N–H and O–H groups in total. The van der Waals surface area contributed by atoms with Gasteiger partial charge in [0.05, 0.1) is 6.10 Å². The summed E-state index contributed by atoms with van der Waals surface area (Å²) in [5.41, 5.74) is 2.76. The fourth-order valence-corrected chi connectivity index (χ4v) is 5.37. The van der Waals surface area contributed by atoms with Crippen molar-refractivity contribution in [2.45, 2.75) is 58.0 Å². The molecular formula is C20H28O. The third-order valence-electron chi connectivity index (χ3n) is 7.08. The van der Waals surface area contributed by atoms with Crippen molar-refractivity contribution in [3.05, 3.63) is 35.4 Å². The molecule has 21 heavy (non-hydrogen) atoms. The van der Waals surface area contributed by atoms with Gasteiger partial charge in [-0.3, -0.25) is 0 Å². The van der Waals surface area contributed by atoms with Crippen LogP contribution in [0, 0.1) is 29.6 Å². The molecule has 3 saturated carbocycles. The Balaban J connectivity index is 1.50. The lowest BCUT2D eigenvalue weighted by molar-refractivity contribution is 0.130. The van der Waals surface area contributed by atoms with Gasteiger partial charge in [-0.1, -0.05) is 45.0 Å².